The van der Waals surface area contributed by atoms with E-state index in [1.165, 1.54) is 0 Å². The molecule has 1 aliphatic heterocycles. The van der Waals surface area contributed by atoms with Gasteiger partial charge in [-0.3, -0.25) is 9.20 Å². The van der Waals surface area contributed by atoms with Gasteiger partial charge in [-0.1, -0.05) is 0 Å². The Balaban J connectivity index is 1.61. The van der Waals surface area contributed by atoms with E-state index in [-0.39, 0.29) is 5.91 Å². The molecule has 6 nitrogen and oxygen atoms in total. The van der Waals surface area contributed by atoms with Crippen LogP contribution in [0.15, 0.2) is 11.6 Å². The second kappa shape index (κ2) is 5.80. The van der Waals surface area contributed by atoms with Crippen LogP contribution < -0.4 is 10.1 Å². The van der Waals surface area contributed by atoms with Crippen molar-refractivity contribution in [3.8, 4) is 5.88 Å². The number of nitrogens with one attached hydrogen (secondary N) is 1. The van der Waals surface area contributed by atoms with Crippen LogP contribution in [0.25, 0.3) is 4.96 Å². The largest absolute Gasteiger partial charge is 0.480 e. The molecule has 0 aromatic carbocycles. The minimum atomic E-state index is 0.174. The van der Waals surface area contributed by atoms with Crippen LogP contribution in [-0.4, -0.2) is 46.9 Å². The number of hydrogen-bond donors (Lipinski definition) is 1. The number of thiazole rings is 1. The molecule has 2 aromatic rings. The molecular weight excluding hydrogens is 276 g/mol. The highest BCUT2D eigenvalue weighted by molar-refractivity contribution is 7.15. The number of hydrogen-bond acceptors (Lipinski definition) is 5. The highest BCUT2D eigenvalue weighted by atomic mass is 32.1. The smallest absolute Gasteiger partial charge is 0.237 e. The van der Waals surface area contributed by atoms with Gasteiger partial charge in [-0.05, 0) is 12.8 Å². The summed E-state index contributed by atoms with van der Waals surface area (Å²) in [6, 6.07) is 0. The zero-order valence-electron chi connectivity index (χ0n) is 11.5. The second-order valence-electron chi connectivity index (χ2n) is 4.81. The molecular formula is C13H18N4O2S. The lowest BCUT2D eigenvalue weighted by molar-refractivity contribution is -0.129. The molecule has 2 aromatic heterocycles. The highest BCUT2D eigenvalue weighted by Gasteiger charge is 2.18. The van der Waals surface area contributed by atoms with E-state index in [1.54, 1.807) is 18.4 Å². The third kappa shape index (κ3) is 2.51. The van der Waals surface area contributed by atoms with Crippen molar-refractivity contribution >= 4 is 22.2 Å². The Hall–Kier alpha value is -1.60. The number of rotatable bonds is 5. The molecule has 108 valence electrons. The Morgan fingerprint density at radius 3 is 3.05 bits per heavy atom. The van der Waals surface area contributed by atoms with Gasteiger partial charge < -0.3 is 15.0 Å². The predicted molar refractivity (Wildman–Crippen MR) is 77.1 cm³/mol. The van der Waals surface area contributed by atoms with Crippen molar-refractivity contribution in [1.29, 1.82) is 0 Å². The number of ether oxygens (including phenoxy) is 1. The lowest BCUT2D eigenvalue weighted by Gasteiger charge is -2.15. The number of carbonyl (C=O) groups is 1. The van der Waals surface area contributed by atoms with Crippen molar-refractivity contribution in [3.05, 3.63) is 17.3 Å². The number of amides is 1. The van der Waals surface area contributed by atoms with E-state index in [4.69, 9.17) is 4.74 Å². The van der Waals surface area contributed by atoms with Gasteiger partial charge in [0.2, 0.25) is 11.8 Å². The van der Waals surface area contributed by atoms with Crippen LogP contribution >= 0.6 is 11.3 Å². The van der Waals surface area contributed by atoms with Gasteiger partial charge >= 0.3 is 0 Å². The SMILES string of the molecule is COc1nc2sccn2c1CNCC(=O)N1CCCC1. The summed E-state index contributed by atoms with van der Waals surface area (Å²) in [6.07, 6.45) is 4.21. The Morgan fingerprint density at radius 2 is 2.30 bits per heavy atom. The molecule has 1 aliphatic rings. The fraction of sp³-hybridized carbons (Fsp3) is 0.538. The van der Waals surface area contributed by atoms with Gasteiger partial charge in [-0.15, -0.1) is 11.3 Å². The maximum atomic E-state index is 12.0. The van der Waals surface area contributed by atoms with Crippen molar-refractivity contribution in [2.75, 3.05) is 26.7 Å². The van der Waals surface area contributed by atoms with Crippen LogP contribution in [0.1, 0.15) is 18.5 Å². The zero-order chi connectivity index (χ0) is 13.9. The molecule has 0 radical (unpaired) electrons. The summed E-state index contributed by atoms with van der Waals surface area (Å²) in [6.45, 7) is 2.72. The fourth-order valence-electron chi connectivity index (χ4n) is 2.50. The molecule has 0 atom stereocenters. The third-order valence-corrected chi connectivity index (χ3v) is 4.30. The monoisotopic (exact) mass is 294 g/mol. The lowest BCUT2D eigenvalue weighted by atomic mass is 10.4. The van der Waals surface area contributed by atoms with E-state index in [2.05, 4.69) is 10.3 Å². The average Bonchev–Trinajstić information content (AvgIpc) is 3.16. The molecule has 1 saturated heterocycles. The summed E-state index contributed by atoms with van der Waals surface area (Å²) < 4.78 is 7.28. The maximum absolute atomic E-state index is 12.0. The van der Waals surface area contributed by atoms with Crippen LogP contribution in [0.5, 0.6) is 5.88 Å². The van der Waals surface area contributed by atoms with E-state index in [9.17, 15) is 4.79 Å². The standard InChI is InChI=1S/C13H18N4O2S/c1-19-12-10(17-6-7-20-13(17)15-12)8-14-9-11(18)16-4-2-3-5-16/h6-7,14H,2-5,8-9H2,1H3. The van der Waals surface area contributed by atoms with E-state index in [0.717, 1.165) is 36.6 Å². The Kier molecular flexibility index (Phi) is 3.88. The molecule has 7 heteroatoms. The third-order valence-electron chi connectivity index (χ3n) is 3.55. The Labute approximate surface area is 121 Å². The number of methoxy groups -OCH3 is 1. The first-order valence-corrected chi connectivity index (χ1v) is 7.64. The number of imidazole rings is 1. The Morgan fingerprint density at radius 1 is 1.50 bits per heavy atom. The quantitative estimate of drug-likeness (QED) is 0.897. The molecule has 3 heterocycles. The van der Waals surface area contributed by atoms with E-state index < -0.39 is 0 Å². The molecule has 20 heavy (non-hydrogen) atoms. The van der Waals surface area contributed by atoms with Gasteiger partial charge in [-0.2, -0.15) is 4.98 Å². The molecule has 1 N–H and O–H groups in total. The number of fused-ring (bicyclic) bond motifs is 1. The fourth-order valence-corrected chi connectivity index (χ4v) is 3.23. The summed E-state index contributed by atoms with van der Waals surface area (Å²) >= 11 is 1.57. The molecule has 0 aliphatic carbocycles. The van der Waals surface area contributed by atoms with Crippen LogP contribution in [0.3, 0.4) is 0 Å². The highest BCUT2D eigenvalue weighted by Crippen LogP contribution is 2.22. The normalized spacial score (nSPS) is 15.2. The van der Waals surface area contributed by atoms with Gasteiger partial charge in [0.15, 0.2) is 4.96 Å². The van der Waals surface area contributed by atoms with Crippen LogP contribution in [0.2, 0.25) is 0 Å². The summed E-state index contributed by atoms with van der Waals surface area (Å²) in [4.78, 5) is 19.2. The summed E-state index contributed by atoms with van der Waals surface area (Å²) in [5, 5.41) is 5.18. The average molecular weight is 294 g/mol. The first-order chi connectivity index (χ1) is 9.79. The molecule has 0 bridgehead atoms. The molecule has 0 unspecified atom stereocenters. The molecule has 1 fully saturated rings. The number of carbonyl (C=O) groups excluding carboxylic acids is 1. The second-order valence-corrected chi connectivity index (χ2v) is 5.69. The number of likely N-dealkylation sites (tertiary alicyclic amines) is 1. The van der Waals surface area contributed by atoms with E-state index >= 15 is 0 Å². The topological polar surface area (TPSA) is 58.9 Å². The number of aromatic nitrogens is 2. The minimum Gasteiger partial charge on any atom is -0.480 e. The van der Waals surface area contributed by atoms with Crippen LogP contribution in [-0.2, 0) is 11.3 Å². The predicted octanol–water partition coefficient (Wildman–Crippen LogP) is 1.12. The molecule has 0 saturated carbocycles. The molecule has 3 rings (SSSR count). The molecule has 1 amide bonds. The molecule has 0 spiro atoms. The van der Waals surface area contributed by atoms with E-state index in [1.807, 2.05) is 20.9 Å². The summed E-state index contributed by atoms with van der Waals surface area (Å²) in [5.74, 6) is 0.797. The minimum absolute atomic E-state index is 0.174. The van der Waals surface area contributed by atoms with E-state index in [0.29, 0.717) is 19.0 Å². The van der Waals surface area contributed by atoms with Gasteiger partial charge in [0, 0.05) is 31.2 Å². The maximum Gasteiger partial charge on any atom is 0.237 e. The lowest BCUT2D eigenvalue weighted by Crippen LogP contribution is -2.36. The number of nitrogens with zero attached hydrogens (tertiary/aromatic N) is 3. The van der Waals surface area contributed by atoms with Crippen molar-refractivity contribution in [2.24, 2.45) is 0 Å². The first kappa shape index (κ1) is 13.4. The van der Waals surface area contributed by atoms with Crippen LogP contribution in [0.4, 0.5) is 0 Å². The van der Waals surface area contributed by atoms with Gasteiger partial charge in [0.05, 0.1) is 13.7 Å². The van der Waals surface area contributed by atoms with Gasteiger partial charge in [-0.25, -0.2) is 0 Å². The van der Waals surface area contributed by atoms with Crippen molar-refractivity contribution in [2.45, 2.75) is 19.4 Å². The Bertz CT molecular complexity index is 601. The first-order valence-electron chi connectivity index (χ1n) is 6.76. The summed E-state index contributed by atoms with van der Waals surface area (Å²) in [7, 11) is 1.62. The van der Waals surface area contributed by atoms with Crippen LogP contribution in [0, 0.1) is 0 Å². The van der Waals surface area contributed by atoms with Gasteiger partial charge in [0.1, 0.15) is 5.69 Å². The zero-order valence-corrected chi connectivity index (χ0v) is 12.3. The van der Waals surface area contributed by atoms with Crippen molar-refractivity contribution in [3.63, 3.8) is 0 Å². The van der Waals surface area contributed by atoms with Gasteiger partial charge in [0.25, 0.3) is 0 Å². The van der Waals surface area contributed by atoms with Crippen molar-refractivity contribution < 1.29 is 9.53 Å². The van der Waals surface area contributed by atoms with Crippen molar-refractivity contribution in [1.82, 2.24) is 19.6 Å². The summed E-state index contributed by atoms with van der Waals surface area (Å²) in [5.41, 5.74) is 0.956.